The van der Waals surface area contributed by atoms with Gasteiger partial charge in [-0.2, -0.15) is 5.26 Å². The number of piperazine rings is 1. The standard InChI is InChI=1S/C25H33N7O3/c1-16-12-31(23(34)35-24(3,4)5)17(2)11-30(16)21-20-22(29-15-28-21)32(13-25(20,6)14-33)19-9-18(10-26)7-8-27-19/h7-9,15-17,33H,11-14H2,1-6H3/t16-,17+,25-/m0/s1. The third-order valence-corrected chi connectivity index (χ3v) is 6.56. The van der Waals surface area contributed by atoms with Crippen LogP contribution in [0.2, 0.25) is 0 Å². The molecule has 0 bridgehead atoms. The van der Waals surface area contributed by atoms with Gasteiger partial charge in [-0.15, -0.1) is 0 Å². The number of aromatic nitrogens is 3. The van der Waals surface area contributed by atoms with Crippen LogP contribution < -0.4 is 9.80 Å². The third-order valence-electron chi connectivity index (χ3n) is 6.56. The van der Waals surface area contributed by atoms with Gasteiger partial charge in [-0.1, -0.05) is 6.92 Å². The quantitative estimate of drug-likeness (QED) is 0.708. The third kappa shape index (κ3) is 4.60. The smallest absolute Gasteiger partial charge is 0.410 e. The average molecular weight is 480 g/mol. The van der Waals surface area contributed by atoms with Gasteiger partial charge in [-0.25, -0.2) is 19.7 Å². The Kier molecular flexibility index (Phi) is 6.32. The first-order valence-electron chi connectivity index (χ1n) is 11.8. The second-order valence-corrected chi connectivity index (χ2v) is 10.7. The maximum Gasteiger partial charge on any atom is 0.410 e. The zero-order valence-electron chi connectivity index (χ0n) is 21.2. The van der Waals surface area contributed by atoms with Gasteiger partial charge in [0.2, 0.25) is 0 Å². The largest absolute Gasteiger partial charge is 0.444 e. The van der Waals surface area contributed by atoms with Gasteiger partial charge in [-0.3, -0.25) is 0 Å². The molecule has 1 fully saturated rings. The molecule has 1 amide bonds. The van der Waals surface area contributed by atoms with Gasteiger partial charge in [0, 0.05) is 48.9 Å². The molecule has 3 atom stereocenters. The summed E-state index contributed by atoms with van der Waals surface area (Å²) in [5.74, 6) is 2.01. The minimum absolute atomic E-state index is 0.0326. The molecule has 0 radical (unpaired) electrons. The number of nitrogens with zero attached hydrogens (tertiary/aromatic N) is 7. The van der Waals surface area contributed by atoms with Crippen LogP contribution in [-0.2, 0) is 10.2 Å². The fourth-order valence-corrected chi connectivity index (χ4v) is 4.78. The van der Waals surface area contributed by atoms with Crippen LogP contribution in [0.3, 0.4) is 0 Å². The monoisotopic (exact) mass is 479 g/mol. The van der Waals surface area contributed by atoms with E-state index < -0.39 is 11.0 Å². The van der Waals surface area contributed by atoms with Crippen LogP contribution in [0.4, 0.5) is 22.2 Å². The first-order valence-corrected chi connectivity index (χ1v) is 11.8. The molecule has 2 aromatic heterocycles. The Morgan fingerprint density at radius 3 is 2.60 bits per heavy atom. The number of hydrogen-bond donors (Lipinski definition) is 1. The summed E-state index contributed by atoms with van der Waals surface area (Å²) in [5.41, 5.74) is 0.149. The molecule has 2 aliphatic rings. The summed E-state index contributed by atoms with van der Waals surface area (Å²) < 4.78 is 5.62. The first-order chi connectivity index (χ1) is 16.5. The number of ether oxygens (including phenoxy) is 1. The van der Waals surface area contributed by atoms with E-state index in [4.69, 9.17) is 4.74 Å². The highest BCUT2D eigenvalue weighted by molar-refractivity contribution is 5.75. The van der Waals surface area contributed by atoms with Gasteiger partial charge < -0.3 is 24.5 Å². The Morgan fingerprint density at radius 2 is 1.94 bits per heavy atom. The van der Waals surface area contributed by atoms with Crippen molar-refractivity contribution in [3.05, 3.63) is 35.8 Å². The molecule has 10 nitrogen and oxygen atoms in total. The van der Waals surface area contributed by atoms with E-state index in [0.29, 0.717) is 36.8 Å². The molecule has 0 spiro atoms. The molecule has 10 heteroatoms. The Morgan fingerprint density at radius 1 is 1.23 bits per heavy atom. The number of fused-ring (bicyclic) bond motifs is 1. The normalized spacial score (nSPS) is 24.2. The summed E-state index contributed by atoms with van der Waals surface area (Å²) in [5, 5.41) is 19.8. The van der Waals surface area contributed by atoms with E-state index in [-0.39, 0.29) is 24.8 Å². The van der Waals surface area contributed by atoms with Crippen molar-refractivity contribution in [3.8, 4) is 6.07 Å². The number of pyridine rings is 1. The van der Waals surface area contributed by atoms with Crippen molar-refractivity contribution in [3.63, 3.8) is 0 Å². The molecular formula is C25H33N7O3. The Balaban J connectivity index is 1.70. The second kappa shape index (κ2) is 8.96. The highest BCUT2D eigenvalue weighted by Crippen LogP contribution is 2.47. The highest BCUT2D eigenvalue weighted by Gasteiger charge is 2.46. The maximum absolute atomic E-state index is 12.8. The summed E-state index contributed by atoms with van der Waals surface area (Å²) in [6.45, 7) is 13.0. The number of carbonyl (C=O) groups excluding carboxylic acids is 1. The van der Waals surface area contributed by atoms with Crippen LogP contribution in [0.25, 0.3) is 0 Å². The van der Waals surface area contributed by atoms with E-state index in [9.17, 15) is 15.2 Å². The lowest BCUT2D eigenvalue weighted by atomic mass is 9.85. The summed E-state index contributed by atoms with van der Waals surface area (Å²) in [4.78, 5) is 32.4. The first kappa shape index (κ1) is 24.7. The summed E-state index contributed by atoms with van der Waals surface area (Å²) in [6.07, 6.45) is 2.80. The maximum atomic E-state index is 12.8. The Bertz CT molecular complexity index is 1160. The second-order valence-electron chi connectivity index (χ2n) is 10.7. The van der Waals surface area contributed by atoms with Crippen LogP contribution in [0.5, 0.6) is 0 Å². The lowest BCUT2D eigenvalue weighted by molar-refractivity contribution is 0.0129. The van der Waals surface area contributed by atoms with Gasteiger partial charge in [0.05, 0.1) is 18.2 Å². The van der Waals surface area contributed by atoms with Crippen molar-refractivity contribution in [2.75, 3.05) is 36.0 Å². The number of amides is 1. The Hall–Kier alpha value is -3.45. The SMILES string of the molecule is C[C@@H]1CN(c2ncnc3c2[C@](C)(CO)CN3c2cc(C#N)ccn2)[C@@H](C)CN1C(=O)OC(C)(C)C. The number of aliphatic hydroxyl groups is 1. The zero-order chi connectivity index (χ0) is 25.5. The number of aliphatic hydroxyl groups excluding tert-OH is 1. The number of nitriles is 1. The Labute approximate surface area is 206 Å². The highest BCUT2D eigenvalue weighted by atomic mass is 16.6. The van der Waals surface area contributed by atoms with Gasteiger partial charge >= 0.3 is 6.09 Å². The predicted molar refractivity (Wildman–Crippen MR) is 132 cm³/mol. The molecule has 4 rings (SSSR count). The molecule has 35 heavy (non-hydrogen) atoms. The van der Waals surface area contributed by atoms with Crippen molar-refractivity contribution in [2.45, 2.75) is 64.6 Å². The van der Waals surface area contributed by atoms with Crippen molar-refractivity contribution >= 4 is 23.5 Å². The van der Waals surface area contributed by atoms with E-state index in [1.54, 1.807) is 23.2 Å². The molecule has 186 valence electrons. The molecule has 1 saturated heterocycles. The van der Waals surface area contributed by atoms with Crippen molar-refractivity contribution in [1.82, 2.24) is 19.9 Å². The van der Waals surface area contributed by atoms with Crippen molar-refractivity contribution < 1.29 is 14.6 Å². The molecule has 1 N–H and O–H groups in total. The van der Waals surface area contributed by atoms with E-state index >= 15 is 0 Å². The number of rotatable bonds is 3. The van der Waals surface area contributed by atoms with Crippen LogP contribution in [0, 0.1) is 11.3 Å². The van der Waals surface area contributed by atoms with Crippen molar-refractivity contribution in [1.29, 1.82) is 5.26 Å². The summed E-state index contributed by atoms with van der Waals surface area (Å²) in [6, 6.07) is 5.40. The summed E-state index contributed by atoms with van der Waals surface area (Å²) in [7, 11) is 0. The number of anilines is 3. The predicted octanol–water partition coefficient (Wildman–Crippen LogP) is 2.98. The molecule has 2 aromatic rings. The van der Waals surface area contributed by atoms with Gasteiger partial charge in [0.25, 0.3) is 0 Å². The van der Waals surface area contributed by atoms with Gasteiger partial charge in [0.15, 0.2) is 0 Å². The molecule has 0 aromatic carbocycles. The minimum Gasteiger partial charge on any atom is -0.444 e. The molecule has 0 unspecified atom stereocenters. The van der Waals surface area contributed by atoms with Crippen LogP contribution in [0.15, 0.2) is 24.7 Å². The van der Waals surface area contributed by atoms with Crippen LogP contribution in [-0.4, -0.2) is 75.0 Å². The molecule has 4 heterocycles. The van der Waals surface area contributed by atoms with E-state index in [0.717, 1.165) is 11.4 Å². The number of hydrogen-bond acceptors (Lipinski definition) is 9. The number of carbonyl (C=O) groups is 1. The van der Waals surface area contributed by atoms with Crippen molar-refractivity contribution in [2.24, 2.45) is 0 Å². The van der Waals surface area contributed by atoms with E-state index in [1.165, 1.54) is 6.33 Å². The molecule has 0 aliphatic carbocycles. The van der Waals surface area contributed by atoms with Crippen LogP contribution >= 0.6 is 0 Å². The fourth-order valence-electron chi connectivity index (χ4n) is 4.78. The van der Waals surface area contributed by atoms with E-state index in [2.05, 4.69) is 32.8 Å². The fraction of sp³-hybridized carbons (Fsp3) is 0.560. The summed E-state index contributed by atoms with van der Waals surface area (Å²) >= 11 is 0. The van der Waals surface area contributed by atoms with Gasteiger partial charge in [0.1, 0.15) is 29.4 Å². The van der Waals surface area contributed by atoms with Gasteiger partial charge in [-0.05, 0) is 46.8 Å². The molecular weight excluding hydrogens is 446 g/mol. The minimum atomic E-state index is -0.637. The van der Waals surface area contributed by atoms with E-state index in [1.807, 2.05) is 39.5 Å². The van der Waals surface area contributed by atoms with Crippen LogP contribution in [0.1, 0.15) is 52.7 Å². The molecule has 0 saturated carbocycles. The average Bonchev–Trinajstić information content (AvgIpc) is 3.13. The topological polar surface area (TPSA) is 119 Å². The zero-order valence-corrected chi connectivity index (χ0v) is 21.2. The lowest BCUT2D eigenvalue weighted by Crippen LogP contribution is -2.59. The lowest BCUT2D eigenvalue weighted by Gasteiger charge is -2.45. The molecule has 2 aliphatic heterocycles.